The number of nitrogens with one attached hydrogen (secondary N) is 1. The van der Waals surface area contributed by atoms with E-state index in [1.165, 1.54) is 30.3 Å². The van der Waals surface area contributed by atoms with Crippen LogP contribution in [-0.4, -0.2) is 24.6 Å². The highest BCUT2D eigenvalue weighted by atomic mass is 32.2. The number of benzene rings is 2. The molecule has 3 aromatic rings. The molecule has 5 nitrogen and oxygen atoms in total. The van der Waals surface area contributed by atoms with Crippen molar-refractivity contribution in [1.29, 1.82) is 0 Å². The number of carbonyl (C=O) groups excluding carboxylic acids is 1. The first-order valence-corrected chi connectivity index (χ1v) is 10.7. The van der Waals surface area contributed by atoms with Crippen LogP contribution in [0.1, 0.15) is 24.2 Å². The first kappa shape index (κ1) is 20.1. The molecule has 0 bridgehead atoms. The highest BCUT2D eigenvalue weighted by molar-refractivity contribution is 7.92. The topological polar surface area (TPSA) is 76.1 Å². The van der Waals surface area contributed by atoms with Gasteiger partial charge in [0.2, 0.25) is 0 Å². The van der Waals surface area contributed by atoms with Crippen molar-refractivity contribution in [3.05, 3.63) is 65.0 Å². The number of halogens is 2. The number of sulfone groups is 1. The molecule has 0 radical (unpaired) electrons. The molecule has 0 spiro atoms. The van der Waals surface area contributed by atoms with Gasteiger partial charge in [-0.2, -0.15) is 0 Å². The second-order valence-electron chi connectivity index (χ2n) is 6.24. The Morgan fingerprint density at radius 2 is 1.86 bits per heavy atom. The summed E-state index contributed by atoms with van der Waals surface area (Å²) in [5.74, 6) is -2.46. The fourth-order valence-electron chi connectivity index (χ4n) is 2.37. The molecular weight excluding hydrogens is 406 g/mol. The number of nitrogens with zero attached hydrogens (tertiary/aromatic N) is 1. The van der Waals surface area contributed by atoms with Gasteiger partial charge in [0.05, 0.1) is 15.8 Å². The molecule has 146 valence electrons. The lowest BCUT2D eigenvalue weighted by Crippen LogP contribution is -2.16. The maximum atomic E-state index is 13.4. The van der Waals surface area contributed by atoms with Crippen molar-refractivity contribution in [3.63, 3.8) is 0 Å². The van der Waals surface area contributed by atoms with Gasteiger partial charge in [0, 0.05) is 16.5 Å². The molecule has 0 aliphatic heterocycles. The van der Waals surface area contributed by atoms with Gasteiger partial charge in [-0.15, -0.1) is 11.3 Å². The van der Waals surface area contributed by atoms with Gasteiger partial charge < -0.3 is 0 Å². The lowest BCUT2D eigenvalue weighted by Gasteiger charge is -2.09. The first-order valence-electron chi connectivity index (χ1n) is 8.25. The zero-order valence-electron chi connectivity index (χ0n) is 14.9. The highest BCUT2D eigenvalue weighted by Crippen LogP contribution is 2.26. The van der Waals surface area contributed by atoms with Gasteiger partial charge >= 0.3 is 0 Å². The van der Waals surface area contributed by atoms with Crippen molar-refractivity contribution < 1.29 is 22.0 Å². The van der Waals surface area contributed by atoms with E-state index in [0.717, 1.165) is 23.5 Å². The number of carbonyl (C=O) groups is 1. The Morgan fingerprint density at radius 1 is 1.11 bits per heavy atom. The van der Waals surface area contributed by atoms with Crippen molar-refractivity contribution >= 4 is 32.2 Å². The summed E-state index contributed by atoms with van der Waals surface area (Å²) in [6, 6.07) is 9.17. The van der Waals surface area contributed by atoms with Gasteiger partial charge in [-0.3, -0.25) is 10.1 Å². The molecule has 0 saturated carbocycles. The van der Waals surface area contributed by atoms with Gasteiger partial charge in [0.25, 0.3) is 5.91 Å². The fraction of sp³-hybridized carbons (Fsp3) is 0.158. The number of hydrogen-bond acceptors (Lipinski definition) is 5. The van der Waals surface area contributed by atoms with Crippen LogP contribution in [0, 0.1) is 11.6 Å². The predicted molar refractivity (Wildman–Crippen MR) is 104 cm³/mol. The van der Waals surface area contributed by atoms with E-state index in [1.807, 2.05) is 0 Å². The van der Waals surface area contributed by atoms with Gasteiger partial charge in [-0.05, 0) is 50.2 Å². The number of anilines is 1. The molecule has 1 N–H and O–H groups in total. The third-order valence-corrected chi connectivity index (χ3v) is 6.90. The molecule has 28 heavy (non-hydrogen) atoms. The second kappa shape index (κ2) is 7.76. The summed E-state index contributed by atoms with van der Waals surface area (Å²) in [6.45, 7) is 3.13. The minimum Gasteiger partial charge on any atom is -0.298 e. The second-order valence-corrected chi connectivity index (χ2v) is 9.60. The van der Waals surface area contributed by atoms with Gasteiger partial charge in [0.15, 0.2) is 26.6 Å². The van der Waals surface area contributed by atoms with E-state index in [2.05, 4.69) is 10.3 Å². The summed E-state index contributed by atoms with van der Waals surface area (Å²) in [5, 5.41) is 3.83. The van der Waals surface area contributed by atoms with Crippen LogP contribution >= 0.6 is 11.3 Å². The Morgan fingerprint density at radius 3 is 2.54 bits per heavy atom. The average molecular weight is 422 g/mol. The molecule has 2 aromatic carbocycles. The molecule has 0 fully saturated rings. The number of amides is 1. The van der Waals surface area contributed by atoms with Crippen molar-refractivity contribution in [1.82, 2.24) is 4.98 Å². The maximum Gasteiger partial charge on any atom is 0.257 e. The predicted octanol–water partition coefficient (Wildman–Crippen LogP) is 4.52. The van der Waals surface area contributed by atoms with Crippen LogP contribution in [0.4, 0.5) is 13.9 Å². The summed E-state index contributed by atoms with van der Waals surface area (Å²) in [6.07, 6.45) is 0. The monoisotopic (exact) mass is 422 g/mol. The lowest BCUT2D eigenvalue weighted by molar-refractivity contribution is 0.102. The molecule has 0 saturated heterocycles. The third kappa shape index (κ3) is 4.10. The van der Waals surface area contributed by atoms with Gasteiger partial charge in [-0.1, -0.05) is 6.07 Å². The molecule has 9 heteroatoms. The van der Waals surface area contributed by atoms with Crippen LogP contribution in [0.2, 0.25) is 0 Å². The van der Waals surface area contributed by atoms with Gasteiger partial charge in [-0.25, -0.2) is 22.2 Å². The molecule has 3 rings (SSSR count). The largest absolute Gasteiger partial charge is 0.298 e. The number of thiazole rings is 1. The molecule has 0 atom stereocenters. The Labute approximate surface area is 165 Å². The number of aromatic nitrogens is 1. The Hall–Kier alpha value is -2.65. The maximum absolute atomic E-state index is 13.4. The van der Waals surface area contributed by atoms with Crippen LogP contribution < -0.4 is 5.32 Å². The minimum atomic E-state index is -3.50. The van der Waals surface area contributed by atoms with Crippen molar-refractivity contribution in [3.8, 4) is 11.3 Å². The normalized spacial score (nSPS) is 11.6. The number of rotatable bonds is 5. The van der Waals surface area contributed by atoms with Crippen LogP contribution in [0.3, 0.4) is 0 Å². The summed E-state index contributed by atoms with van der Waals surface area (Å²) in [7, 11) is -3.50. The first-order chi connectivity index (χ1) is 13.2. The minimum absolute atomic E-state index is 0.0664. The lowest BCUT2D eigenvalue weighted by atomic mass is 10.2. The highest BCUT2D eigenvalue weighted by Gasteiger charge is 2.20. The summed E-state index contributed by atoms with van der Waals surface area (Å²) >= 11 is 1.11. The van der Waals surface area contributed by atoms with Crippen LogP contribution in [0.5, 0.6) is 0 Å². The van der Waals surface area contributed by atoms with Crippen LogP contribution in [0.15, 0.2) is 52.7 Å². The molecule has 0 aliphatic carbocycles. The van der Waals surface area contributed by atoms with E-state index in [0.29, 0.717) is 11.3 Å². The average Bonchev–Trinajstić information content (AvgIpc) is 3.12. The Bertz CT molecular complexity index is 1140. The number of hydrogen-bond donors (Lipinski definition) is 1. The summed E-state index contributed by atoms with van der Waals surface area (Å²) in [4.78, 5) is 16.7. The van der Waals surface area contributed by atoms with Crippen LogP contribution in [0.25, 0.3) is 11.3 Å². The van der Waals surface area contributed by atoms with E-state index in [4.69, 9.17) is 0 Å². The zero-order valence-corrected chi connectivity index (χ0v) is 16.6. The fourth-order valence-corrected chi connectivity index (χ4v) is 4.19. The van der Waals surface area contributed by atoms with Crippen molar-refractivity contribution in [2.75, 3.05) is 5.32 Å². The molecule has 1 aromatic heterocycles. The SMILES string of the molecule is CC(C)S(=O)(=O)c1cccc(C(=O)Nc2nc(-c3ccc(F)c(F)c3)cs2)c1. The van der Waals surface area contributed by atoms with Crippen molar-refractivity contribution in [2.45, 2.75) is 24.0 Å². The zero-order chi connectivity index (χ0) is 20.5. The molecule has 1 heterocycles. The molecular formula is C19H16F2N2O3S2. The quantitative estimate of drug-likeness (QED) is 0.656. The standard InChI is InChI=1S/C19H16F2N2O3S2/c1-11(2)28(25,26)14-5-3-4-13(8-14)18(24)23-19-22-17(10-27-19)12-6-7-15(20)16(21)9-12/h3-11H,1-2H3,(H,22,23,24). The Kier molecular flexibility index (Phi) is 5.57. The molecule has 1 amide bonds. The smallest absolute Gasteiger partial charge is 0.257 e. The van der Waals surface area contributed by atoms with E-state index in [9.17, 15) is 22.0 Å². The molecule has 0 unspecified atom stereocenters. The third-order valence-electron chi connectivity index (χ3n) is 3.99. The van der Waals surface area contributed by atoms with E-state index in [1.54, 1.807) is 19.2 Å². The Balaban J connectivity index is 1.81. The van der Waals surface area contributed by atoms with E-state index >= 15 is 0 Å². The molecule has 0 aliphatic rings. The van der Waals surface area contributed by atoms with Crippen LogP contribution in [-0.2, 0) is 9.84 Å². The summed E-state index contributed by atoms with van der Waals surface area (Å²) in [5.41, 5.74) is 0.933. The van der Waals surface area contributed by atoms with E-state index in [-0.39, 0.29) is 15.6 Å². The summed E-state index contributed by atoms with van der Waals surface area (Å²) < 4.78 is 51.0. The van der Waals surface area contributed by atoms with Gasteiger partial charge in [0.1, 0.15) is 0 Å². The van der Waals surface area contributed by atoms with Crippen molar-refractivity contribution in [2.24, 2.45) is 0 Å². The van der Waals surface area contributed by atoms with E-state index < -0.39 is 32.6 Å².